The minimum Gasteiger partial charge on any atom is -0.489 e. The maximum absolute atomic E-state index is 14.7. The molecule has 1 fully saturated rings. The van der Waals surface area contributed by atoms with Gasteiger partial charge >= 0.3 is 0 Å². The first-order chi connectivity index (χ1) is 16.6. The Balaban J connectivity index is 1.34. The minimum atomic E-state index is -0.501. The van der Waals surface area contributed by atoms with Gasteiger partial charge in [-0.05, 0) is 68.8 Å². The maximum Gasteiger partial charge on any atom is 0.259 e. The van der Waals surface area contributed by atoms with E-state index in [9.17, 15) is 9.18 Å². The van der Waals surface area contributed by atoms with Gasteiger partial charge < -0.3 is 25.0 Å². The zero-order chi connectivity index (χ0) is 23.5. The number of ether oxygens (including phenoxy) is 2. The molecule has 2 aliphatic rings. The van der Waals surface area contributed by atoms with E-state index in [2.05, 4.69) is 15.6 Å². The lowest BCUT2D eigenvalue weighted by Crippen LogP contribution is -2.34. The number of pyridine rings is 1. The Morgan fingerprint density at radius 2 is 2.06 bits per heavy atom. The van der Waals surface area contributed by atoms with Crippen LogP contribution in [0.3, 0.4) is 0 Å². The van der Waals surface area contributed by atoms with Crippen molar-refractivity contribution in [3.8, 4) is 11.5 Å². The smallest absolute Gasteiger partial charge is 0.259 e. The lowest BCUT2D eigenvalue weighted by atomic mass is 10.1. The van der Waals surface area contributed by atoms with Crippen molar-refractivity contribution in [2.45, 2.75) is 25.9 Å². The quantitative estimate of drug-likeness (QED) is 0.584. The zero-order valence-corrected chi connectivity index (χ0v) is 19.0. The molecule has 7 nitrogen and oxygen atoms in total. The predicted octanol–water partition coefficient (Wildman–Crippen LogP) is 4.44. The summed E-state index contributed by atoms with van der Waals surface area (Å²) < 4.78 is 26.4. The van der Waals surface area contributed by atoms with Crippen LogP contribution in [-0.2, 0) is 0 Å². The summed E-state index contributed by atoms with van der Waals surface area (Å²) in [5.74, 6) is 0.604. The van der Waals surface area contributed by atoms with E-state index < -0.39 is 5.82 Å². The highest BCUT2D eigenvalue weighted by atomic mass is 19.1. The van der Waals surface area contributed by atoms with Gasteiger partial charge in [0, 0.05) is 18.0 Å². The number of fused-ring (bicyclic) bond motifs is 1. The van der Waals surface area contributed by atoms with Gasteiger partial charge in [-0.3, -0.25) is 4.79 Å². The Kier molecular flexibility index (Phi) is 6.31. The third kappa shape index (κ3) is 4.68. The topological polar surface area (TPSA) is 75.7 Å². The van der Waals surface area contributed by atoms with E-state index in [0.717, 1.165) is 43.0 Å². The number of hydrogen-bond acceptors (Lipinski definition) is 6. The van der Waals surface area contributed by atoms with Gasteiger partial charge in [0.25, 0.3) is 5.91 Å². The van der Waals surface area contributed by atoms with Gasteiger partial charge in [-0.1, -0.05) is 12.1 Å². The lowest BCUT2D eigenvalue weighted by molar-refractivity contribution is 0.102. The molecule has 0 atom stereocenters. The molecular formula is C26H27FN4O3. The molecule has 1 amide bonds. The van der Waals surface area contributed by atoms with E-state index >= 15 is 0 Å². The highest BCUT2D eigenvalue weighted by molar-refractivity contribution is 6.07. The second kappa shape index (κ2) is 9.69. The normalized spacial score (nSPS) is 15.9. The molecule has 176 valence electrons. The number of amides is 1. The van der Waals surface area contributed by atoms with Crippen molar-refractivity contribution in [3.63, 3.8) is 0 Å². The first-order valence-corrected chi connectivity index (χ1v) is 11.5. The summed E-state index contributed by atoms with van der Waals surface area (Å²) in [6, 6.07) is 13.9. The van der Waals surface area contributed by atoms with Crippen molar-refractivity contribution < 1.29 is 18.7 Å². The van der Waals surface area contributed by atoms with Crippen LogP contribution in [0.5, 0.6) is 11.5 Å². The van der Waals surface area contributed by atoms with Crippen molar-refractivity contribution in [3.05, 3.63) is 71.7 Å². The fourth-order valence-corrected chi connectivity index (χ4v) is 4.25. The lowest BCUT2D eigenvalue weighted by Gasteiger charge is -2.31. The molecule has 0 bridgehead atoms. The second-order valence-electron chi connectivity index (χ2n) is 8.51. The van der Waals surface area contributed by atoms with E-state index in [4.69, 9.17) is 9.47 Å². The van der Waals surface area contributed by atoms with Crippen LogP contribution in [0.1, 0.15) is 28.8 Å². The molecule has 0 radical (unpaired) electrons. The Labute approximate surface area is 197 Å². The van der Waals surface area contributed by atoms with Crippen LogP contribution in [0.2, 0.25) is 0 Å². The molecule has 2 aromatic carbocycles. The summed E-state index contributed by atoms with van der Waals surface area (Å²) in [4.78, 5) is 19.6. The number of aryl methyl sites for hydroxylation is 1. The van der Waals surface area contributed by atoms with Gasteiger partial charge in [-0.25, -0.2) is 9.37 Å². The molecule has 1 saturated heterocycles. The zero-order valence-electron chi connectivity index (χ0n) is 19.0. The largest absolute Gasteiger partial charge is 0.489 e. The molecule has 0 spiro atoms. The number of hydrogen-bond donors (Lipinski definition) is 2. The first-order valence-electron chi connectivity index (χ1n) is 11.5. The maximum atomic E-state index is 14.7. The number of nitrogens with one attached hydrogen (secondary N) is 2. The molecule has 3 heterocycles. The highest BCUT2D eigenvalue weighted by Crippen LogP contribution is 2.38. The highest BCUT2D eigenvalue weighted by Gasteiger charge is 2.26. The van der Waals surface area contributed by atoms with Crippen molar-refractivity contribution in [1.82, 2.24) is 10.3 Å². The number of piperidine rings is 1. The van der Waals surface area contributed by atoms with Crippen LogP contribution < -0.4 is 25.0 Å². The Morgan fingerprint density at radius 3 is 2.82 bits per heavy atom. The standard InChI is InChI=1S/C26H27FN4O3/c1-17-5-8-24(29-16-17)31-13-14-33-25-20(3-2-4-22(25)31)26(32)30-18-6-7-23(21(27)15-18)34-19-9-11-28-12-10-19/h2-8,15-16,19,28H,9-14H2,1H3,(H,30,32). The summed E-state index contributed by atoms with van der Waals surface area (Å²) in [6.45, 7) is 4.76. The summed E-state index contributed by atoms with van der Waals surface area (Å²) >= 11 is 0. The Morgan fingerprint density at radius 1 is 1.21 bits per heavy atom. The van der Waals surface area contributed by atoms with Crippen LogP contribution in [0.15, 0.2) is 54.7 Å². The average Bonchev–Trinajstić information content (AvgIpc) is 2.86. The number of halogens is 1. The van der Waals surface area contributed by atoms with E-state index in [1.54, 1.807) is 24.3 Å². The number of benzene rings is 2. The van der Waals surface area contributed by atoms with Gasteiger partial charge in [0.05, 0.1) is 17.8 Å². The molecule has 2 aliphatic heterocycles. The minimum absolute atomic E-state index is 0.00449. The molecular weight excluding hydrogens is 435 g/mol. The van der Waals surface area contributed by atoms with Crippen LogP contribution in [-0.4, -0.2) is 43.2 Å². The van der Waals surface area contributed by atoms with Crippen molar-refractivity contribution in [1.29, 1.82) is 0 Å². The number of anilines is 3. The monoisotopic (exact) mass is 462 g/mol. The fourth-order valence-electron chi connectivity index (χ4n) is 4.25. The Hall–Kier alpha value is -3.65. The molecule has 0 unspecified atom stereocenters. The van der Waals surface area contributed by atoms with Crippen LogP contribution >= 0.6 is 0 Å². The van der Waals surface area contributed by atoms with Crippen molar-refractivity contribution >= 4 is 23.1 Å². The van der Waals surface area contributed by atoms with Crippen molar-refractivity contribution in [2.75, 3.05) is 36.5 Å². The third-order valence-corrected chi connectivity index (χ3v) is 6.03. The second-order valence-corrected chi connectivity index (χ2v) is 8.51. The summed E-state index contributed by atoms with van der Waals surface area (Å²) in [5, 5.41) is 6.04. The molecule has 2 N–H and O–H groups in total. The molecule has 8 heteroatoms. The molecule has 0 aliphatic carbocycles. The van der Waals surface area contributed by atoms with Gasteiger partial charge in [0.15, 0.2) is 17.3 Å². The van der Waals surface area contributed by atoms with E-state index in [0.29, 0.717) is 30.2 Å². The molecule has 0 saturated carbocycles. The number of rotatable bonds is 5. The van der Waals surface area contributed by atoms with Crippen LogP contribution in [0, 0.1) is 12.7 Å². The SMILES string of the molecule is Cc1ccc(N2CCOc3c(C(=O)Nc4ccc(OC5CCNCC5)c(F)c4)cccc32)nc1. The first kappa shape index (κ1) is 22.2. The number of para-hydroxylation sites is 1. The third-order valence-electron chi connectivity index (χ3n) is 6.03. The predicted molar refractivity (Wildman–Crippen MR) is 129 cm³/mol. The average molecular weight is 463 g/mol. The van der Waals surface area contributed by atoms with E-state index in [1.165, 1.54) is 6.07 Å². The van der Waals surface area contributed by atoms with E-state index in [-0.39, 0.29) is 17.8 Å². The number of aromatic nitrogens is 1. The summed E-state index contributed by atoms with van der Waals surface area (Å²) in [5.41, 5.74) is 2.58. The van der Waals surface area contributed by atoms with Gasteiger partial charge in [0.1, 0.15) is 18.5 Å². The molecule has 5 rings (SSSR count). The van der Waals surface area contributed by atoms with Crippen LogP contribution in [0.4, 0.5) is 21.6 Å². The fraction of sp³-hybridized carbons (Fsp3) is 0.308. The Bertz CT molecular complexity index is 1180. The van der Waals surface area contributed by atoms with Gasteiger partial charge in [0.2, 0.25) is 0 Å². The molecule has 34 heavy (non-hydrogen) atoms. The van der Waals surface area contributed by atoms with Gasteiger partial charge in [-0.2, -0.15) is 0 Å². The molecule has 3 aromatic rings. The van der Waals surface area contributed by atoms with E-state index in [1.807, 2.05) is 36.2 Å². The molecule has 1 aromatic heterocycles. The van der Waals surface area contributed by atoms with Gasteiger partial charge in [-0.15, -0.1) is 0 Å². The summed E-state index contributed by atoms with van der Waals surface area (Å²) in [6.07, 6.45) is 3.49. The number of carbonyl (C=O) groups is 1. The summed E-state index contributed by atoms with van der Waals surface area (Å²) in [7, 11) is 0. The number of carbonyl (C=O) groups excluding carboxylic acids is 1. The van der Waals surface area contributed by atoms with Crippen LogP contribution in [0.25, 0.3) is 0 Å². The van der Waals surface area contributed by atoms with Crippen molar-refractivity contribution in [2.24, 2.45) is 0 Å². The number of nitrogens with zero attached hydrogens (tertiary/aromatic N) is 2.